The van der Waals surface area contributed by atoms with Gasteiger partial charge in [0, 0.05) is 24.7 Å². The molecule has 3 aromatic heterocycles. The van der Waals surface area contributed by atoms with Crippen LogP contribution >= 0.6 is 0 Å². The van der Waals surface area contributed by atoms with Gasteiger partial charge < -0.3 is 10.1 Å². The Labute approximate surface area is 164 Å². The van der Waals surface area contributed by atoms with Gasteiger partial charge in [-0.15, -0.1) is 15.3 Å². The minimum atomic E-state index is -0.391. The van der Waals surface area contributed by atoms with E-state index in [1.54, 1.807) is 16.6 Å². The molecule has 4 rings (SSSR count). The Kier molecular flexibility index (Phi) is 4.97. The Bertz CT molecular complexity index is 1220. The minimum Gasteiger partial charge on any atom is -0.475 e. The zero-order chi connectivity index (χ0) is 20.2. The summed E-state index contributed by atoms with van der Waals surface area (Å²) in [4.78, 5) is 23.4. The van der Waals surface area contributed by atoms with Gasteiger partial charge in [0.25, 0.3) is 11.5 Å². The summed E-state index contributed by atoms with van der Waals surface area (Å²) in [5.41, 5.74) is 1.37. The van der Waals surface area contributed by atoms with Gasteiger partial charge >= 0.3 is 0 Å². The third-order valence-electron chi connectivity index (χ3n) is 4.10. The molecule has 0 saturated carbocycles. The highest BCUT2D eigenvalue weighted by Gasteiger charge is 2.11. The maximum atomic E-state index is 12.1. The molecule has 4 aromatic rings. The number of carbonyl (C=O) groups excluding carboxylic acids is 1. The van der Waals surface area contributed by atoms with Gasteiger partial charge in [0.15, 0.2) is 11.5 Å². The summed E-state index contributed by atoms with van der Waals surface area (Å²) in [6.45, 7) is 0.454. The van der Waals surface area contributed by atoms with E-state index in [-0.39, 0.29) is 24.4 Å². The fourth-order valence-electron chi connectivity index (χ4n) is 2.65. The first-order chi connectivity index (χ1) is 14.1. The lowest BCUT2D eigenvalue weighted by atomic mass is 10.2. The first-order valence-corrected chi connectivity index (χ1v) is 8.85. The van der Waals surface area contributed by atoms with E-state index in [1.165, 1.54) is 19.2 Å². The molecule has 0 saturated heterocycles. The van der Waals surface area contributed by atoms with Crippen molar-refractivity contribution in [3.63, 3.8) is 0 Å². The van der Waals surface area contributed by atoms with Crippen LogP contribution in [-0.4, -0.2) is 48.7 Å². The summed E-state index contributed by atoms with van der Waals surface area (Å²) in [6.07, 6.45) is 0. The van der Waals surface area contributed by atoms with E-state index in [9.17, 15) is 9.59 Å². The number of amides is 1. The van der Waals surface area contributed by atoms with Gasteiger partial charge in [-0.05, 0) is 12.1 Å². The molecule has 29 heavy (non-hydrogen) atoms. The van der Waals surface area contributed by atoms with Crippen LogP contribution in [0, 0.1) is 0 Å². The third kappa shape index (κ3) is 3.95. The van der Waals surface area contributed by atoms with Crippen molar-refractivity contribution in [2.45, 2.75) is 0 Å². The molecule has 0 atom stereocenters. The van der Waals surface area contributed by atoms with E-state index in [2.05, 4.69) is 25.7 Å². The van der Waals surface area contributed by atoms with Crippen molar-refractivity contribution in [1.82, 2.24) is 34.9 Å². The second-order valence-electron chi connectivity index (χ2n) is 6.12. The maximum absolute atomic E-state index is 12.1. The molecule has 0 aliphatic heterocycles. The Morgan fingerprint density at radius 2 is 1.86 bits per heavy atom. The summed E-state index contributed by atoms with van der Waals surface area (Å²) in [5, 5.41) is 19.3. The number of aryl methyl sites for hydroxylation is 1. The SMILES string of the molecule is Cn1nc(C(=O)NCCOc2ccc3nnc(-c4ccccc4)n3n2)ccc1=O. The Morgan fingerprint density at radius 3 is 2.66 bits per heavy atom. The summed E-state index contributed by atoms with van der Waals surface area (Å²) < 4.78 is 8.34. The molecule has 1 amide bonds. The van der Waals surface area contributed by atoms with E-state index in [4.69, 9.17) is 4.74 Å². The van der Waals surface area contributed by atoms with Crippen molar-refractivity contribution in [2.75, 3.05) is 13.2 Å². The summed E-state index contributed by atoms with van der Waals surface area (Å²) in [7, 11) is 1.48. The fourth-order valence-corrected chi connectivity index (χ4v) is 2.65. The molecule has 0 unspecified atom stereocenters. The number of nitrogens with zero attached hydrogens (tertiary/aromatic N) is 6. The first-order valence-electron chi connectivity index (χ1n) is 8.85. The molecule has 0 bridgehead atoms. The van der Waals surface area contributed by atoms with Crippen LogP contribution < -0.4 is 15.6 Å². The van der Waals surface area contributed by atoms with E-state index in [1.807, 2.05) is 30.3 Å². The number of fused-ring (bicyclic) bond motifs is 1. The summed E-state index contributed by atoms with van der Waals surface area (Å²) in [6, 6.07) is 15.7. The van der Waals surface area contributed by atoms with Crippen molar-refractivity contribution >= 4 is 11.6 Å². The number of ether oxygens (including phenoxy) is 1. The molecule has 0 radical (unpaired) electrons. The second kappa shape index (κ2) is 7.89. The zero-order valence-electron chi connectivity index (χ0n) is 15.5. The monoisotopic (exact) mass is 391 g/mol. The van der Waals surface area contributed by atoms with Crippen molar-refractivity contribution in [1.29, 1.82) is 0 Å². The molecule has 10 heteroatoms. The first kappa shape index (κ1) is 18.3. The molecule has 1 N–H and O–H groups in total. The Morgan fingerprint density at radius 1 is 1.03 bits per heavy atom. The number of rotatable bonds is 6. The fraction of sp³-hybridized carbons (Fsp3) is 0.158. The van der Waals surface area contributed by atoms with Crippen molar-refractivity contribution < 1.29 is 9.53 Å². The average molecular weight is 391 g/mol. The Balaban J connectivity index is 1.39. The van der Waals surface area contributed by atoms with E-state index >= 15 is 0 Å². The van der Waals surface area contributed by atoms with Gasteiger partial charge in [0.2, 0.25) is 5.88 Å². The van der Waals surface area contributed by atoms with Crippen LogP contribution in [-0.2, 0) is 7.05 Å². The van der Waals surface area contributed by atoms with Gasteiger partial charge in [-0.25, -0.2) is 4.68 Å². The van der Waals surface area contributed by atoms with Gasteiger partial charge in [-0.1, -0.05) is 30.3 Å². The van der Waals surface area contributed by atoms with E-state index in [0.717, 1.165) is 10.2 Å². The topological polar surface area (TPSA) is 116 Å². The smallest absolute Gasteiger partial charge is 0.271 e. The molecular weight excluding hydrogens is 374 g/mol. The minimum absolute atomic E-state index is 0.156. The summed E-state index contributed by atoms with van der Waals surface area (Å²) >= 11 is 0. The zero-order valence-corrected chi connectivity index (χ0v) is 15.5. The van der Waals surface area contributed by atoms with Gasteiger partial charge in [0.05, 0.1) is 6.54 Å². The second-order valence-corrected chi connectivity index (χ2v) is 6.12. The number of carbonyl (C=O) groups is 1. The number of nitrogens with one attached hydrogen (secondary N) is 1. The van der Waals surface area contributed by atoms with E-state index < -0.39 is 5.91 Å². The number of hydrogen-bond acceptors (Lipinski definition) is 7. The highest BCUT2D eigenvalue weighted by Crippen LogP contribution is 2.18. The van der Waals surface area contributed by atoms with Gasteiger partial charge in [-0.3, -0.25) is 9.59 Å². The quantitative estimate of drug-likeness (QED) is 0.481. The highest BCUT2D eigenvalue weighted by atomic mass is 16.5. The molecule has 0 aliphatic carbocycles. The number of aromatic nitrogens is 6. The van der Waals surface area contributed by atoms with Crippen LogP contribution in [0.3, 0.4) is 0 Å². The van der Waals surface area contributed by atoms with Crippen LogP contribution in [0.25, 0.3) is 17.0 Å². The largest absolute Gasteiger partial charge is 0.475 e. The molecule has 1 aromatic carbocycles. The summed E-state index contributed by atoms with van der Waals surface area (Å²) in [5.74, 6) is 0.599. The number of benzene rings is 1. The molecular formula is C19H17N7O3. The number of hydrogen-bond donors (Lipinski definition) is 1. The molecule has 0 spiro atoms. The lowest BCUT2D eigenvalue weighted by Crippen LogP contribution is -2.31. The molecule has 146 valence electrons. The third-order valence-corrected chi connectivity index (χ3v) is 4.10. The molecule has 10 nitrogen and oxygen atoms in total. The van der Waals surface area contributed by atoms with Crippen LogP contribution in [0.4, 0.5) is 0 Å². The molecule has 3 heterocycles. The van der Waals surface area contributed by atoms with E-state index in [0.29, 0.717) is 17.4 Å². The lowest BCUT2D eigenvalue weighted by molar-refractivity contribution is 0.0939. The molecule has 0 fully saturated rings. The van der Waals surface area contributed by atoms with Gasteiger partial charge in [-0.2, -0.15) is 9.61 Å². The average Bonchev–Trinajstić information content (AvgIpc) is 3.17. The van der Waals surface area contributed by atoms with Crippen molar-refractivity contribution in [3.05, 3.63) is 70.6 Å². The van der Waals surface area contributed by atoms with Gasteiger partial charge in [0.1, 0.15) is 12.3 Å². The normalized spacial score (nSPS) is 10.8. The molecule has 0 aliphatic rings. The highest BCUT2D eigenvalue weighted by molar-refractivity contribution is 5.91. The predicted octanol–water partition coefficient (Wildman–Crippen LogP) is 0.694. The maximum Gasteiger partial charge on any atom is 0.271 e. The predicted molar refractivity (Wildman–Crippen MR) is 104 cm³/mol. The standard InChI is InChI=1S/C19H17N7O3/c1-25-17(27)10-7-14(23-25)19(28)20-11-12-29-16-9-8-15-21-22-18(26(15)24-16)13-5-3-2-4-6-13/h2-10H,11-12H2,1H3,(H,20,28). The van der Waals surface area contributed by atoms with Crippen LogP contribution in [0.2, 0.25) is 0 Å². The van der Waals surface area contributed by atoms with Crippen LogP contribution in [0.1, 0.15) is 10.5 Å². The Hall–Kier alpha value is -4.08. The van der Waals surface area contributed by atoms with Crippen LogP contribution in [0.5, 0.6) is 5.88 Å². The van der Waals surface area contributed by atoms with Crippen molar-refractivity contribution in [3.8, 4) is 17.3 Å². The lowest BCUT2D eigenvalue weighted by Gasteiger charge is -2.08. The van der Waals surface area contributed by atoms with Crippen molar-refractivity contribution in [2.24, 2.45) is 7.05 Å². The van der Waals surface area contributed by atoms with Crippen LogP contribution in [0.15, 0.2) is 59.4 Å².